The SMILES string of the molecule is CCC(CC)N(CCO)C(=O)c1ccsc1. The van der Waals surface area contributed by atoms with Crippen molar-refractivity contribution in [1.82, 2.24) is 4.90 Å². The molecule has 0 unspecified atom stereocenters. The fourth-order valence-corrected chi connectivity index (χ4v) is 2.47. The Hall–Kier alpha value is -0.870. The van der Waals surface area contributed by atoms with Gasteiger partial charge in [0.25, 0.3) is 5.91 Å². The second-order valence-corrected chi connectivity index (χ2v) is 4.48. The molecule has 0 bridgehead atoms. The minimum absolute atomic E-state index is 0.0202. The van der Waals surface area contributed by atoms with Gasteiger partial charge in [-0.1, -0.05) is 13.8 Å². The Morgan fingerprint density at radius 1 is 1.50 bits per heavy atom. The number of carbonyl (C=O) groups excluding carboxylic acids is 1. The van der Waals surface area contributed by atoms with Crippen LogP contribution in [0.25, 0.3) is 0 Å². The van der Waals surface area contributed by atoms with Crippen LogP contribution in [0.2, 0.25) is 0 Å². The molecule has 3 nitrogen and oxygen atoms in total. The number of rotatable bonds is 6. The van der Waals surface area contributed by atoms with Gasteiger partial charge in [0.05, 0.1) is 12.2 Å². The number of hydrogen-bond acceptors (Lipinski definition) is 3. The third-order valence-electron chi connectivity index (χ3n) is 2.75. The van der Waals surface area contributed by atoms with E-state index >= 15 is 0 Å². The summed E-state index contributed by atoms with van der Waals surface area (Å²) in [7, 11) is 0. The highest BCUT2D eigenvalue weighted by Gasteiger charge is 2.21. The average molecular weight is 241 g/mol. The zero-order chi connectivity index (χ0) is 12.0. The van der Waals surface area contributed by atoms with Crippen LogP contribution in [0.5, 0.6) is 0 Å². The van der Waals surface area contributed by atoms with E-state index in [9.17, 15) is 4.79 Å². The highest BCUT2D eigenvalue weighted by atomic mass is 32.1. The predicted molar refractivity (Wildman–Crippen MR) is 66.8 cm³/mol. The lowest BCUT2D eigenvalue weighted by Crippen LogP contribution is -2.41. The van der Waals surface area contributed by atoms with E-state index in [0.29, 0.717) is 6.54 Å². The van der Waals surface area contributed by atoms with Crippen LogP contribution in [0.4, 0.5) is 0 Å². The van der Waals surface area contributed by atoms with E-state index in [1.54, 1.807) is 4.90 Å². The summed E-state index contributed by atoms with van der Waals surface area (Å²) in [6, 6.07) is 2.05. The number of nitrogens with zero attached hydrogens (tertiary/aromatic N) is 1. The minimum Gasteiger partial charge on any atom is -0.395 e. The molecule has 1 aromatic heterocycles. The molecular weight excluding hydrogens is 222 g/mol. The molecule has 0 aromatic carbocycles. The topological polar surface area (TPSA) is 40.5 Å². The van der Waals surface area contributed by atoms with Crippen LogP contribution in [0, 0.1) is 0 Å². The maximum atomic E-state index is 12.2. The van der Waals surface area contributed by atoms with Crippen LogP contribution in [0.3, 0.4) is 0 Å². The fourth-order valence-electron chi connectivity index (χ4n) is 1.84. The van der Waals surface area contributed by atoms with Crippen LogP contribution >= 0.6 is 11.3 Å². The molecule has 1 amide bonds. The molecule has 0 saturated heterocycles. The largest absolute Gasteiger partial charge is 0.395 e. The van der Waals surface area contributed by atoms with Gasteiger partial charge in [-0.25, -0.2) is 0 Å². The van der Waals surface area contributed by atoms with E-state index in [2.05, 4.69) is 13.8 Å². The molecule has 0 radical (unpaired) electrons. The Balaban J connectivity index is 2.80. The first-order chi connectivity index (χ1) is 7.74. The summed E-state index contributed by atoms with van der Waals surface area (Å²) in [5.74, 6) is 0.0315. The van der Waals surface area contributed by atoms with Crippen LogP contribution in [0.1, 0.15) is 37.0 Å². The quantitative estimate of drug-likeness (QED) is 0.830. The second kappa shape index (κ2) is 6.66. The summed E-state index contributed by atoms with van der Waals surface area (Å²) in [6.07, 6.45) is 1.85. The monoisotopic (exact) mass is 241 g/mol. The summed E-state index contributed by atoms with van der Waals surface area (Å²) in [4.78, 5) is 14.0. The Morgan fingerprint density at radius 2 is 2.19 bits per heavy atom. The van der Waals surface area contributed by atoms with Crippen LogP contribution < -0.4 is 0 Å². The van der Waals surface area contributed by atoms with Gasteiger partial charge in [0.2, 0.25) is 0 Å². The van der Waals surface area contributed by atoms with E-state index in [0.717, 1.165) is 18.4 Å². The molecule has 1 N–H and O–H groups in total. The normalized spacial score (nSPS) is 10.8. The molecule has 1 heterocycles. The molecule has 0 aliphatic carbocycles. The number of aliphatic hydroxyl groups excluding tert-OH is 1. The maximum Gasteiger partial charge on any atom is 0.255 e. The molecule has 0 atom stereocenters. The lowest BCUT2D eigenvalue weighted by atomic mass is 10.1. The number of amides is 1. The Kier molecular flexibility index (Phi) is 5.49. The van der Waals surface area contributed by atoms with Gasteiger partial charge in [-0.3, -0.25) is 4.79 Å². The van der Waals surface area contributed by atoms with Gasteiger partial charge in [-0.05, 0) is 24.3 Å². The maximum absolute atomic E-state index is 12.2. The Bertz CT molecular complexity index is 307. The highest BCUT2D eigenvalue weighted by molar-refractivity contribution is 7.08. The van der Waals surface area contributed by atoms with Crippen molar-refractivity contribution in [1.29, 1.82) is 0 Å². The molecule has 0 spiro atoms. The summed E-state index contributed by atoms with van der Waals surface area (Å²) < 4.78 is 0. The van der Waals surface area contributed by atoms with Crippen molar-refractivity contribution in [2.75, 3.05) is 13.2 Å². The first-order valence-corrected chi connectivity index (χ1v) is 6.62. The first-order valence-electron chi connectivity index (χ1n) is 5.68. The fraction of sp³-hybridized carbons (Fsp3) is 0.583. The van der Waals surface area contributed by atoms with Gasteiger partial charge < -0.3 is 10.0 Å². The van der Waals surface area contributed by atoms with Crippen LogP contribution in [0.15, 0.2) is 16.8 Å². The van der Waals surface area contributed by atoms with E-state index in [-0.39, 0.29) is 18.6 Å². The summed E-state index contributed by atoms with van der Waals surface area (Å²) >= 11 is 1.52. The number of carbonyl (C=O) groups is 1. The molecule has 0 aliphatic rings. The number of thiophene rings is 1. The molecule has 16 heavy (non-hydrogen) atoms. The molecule has 90 valence electrons. The standard InChI is InChI=1S/C12H19NO2S/c1-3-11(4-2)13(6-7-14)12(15)10-5-8-16-9-10/h5,8-9,11,14H,3-4,6-7H2,1-2H3. The predicted octanol–water partition coefficient (Wildman–Crippen LogP) is 2.37. The highest BCUT2D eigenvalue weighted by Crippen LogP contribution is 2.15. The van der Waals surface area contributed by atoms with Gasteiger partial charge in [0.1, 0.15) is 0 Å². The van der Waals surface area contributed by atoms with Gasteiger partial charge in [0, 0.05) is 18.0 Å². The van der Waals surface area contributed by atoms with Crippen molar-refractivity contribution in [3.05, 3.63) is 22.4 Å². The Labute approximate surface area is 101 Å². The number of hydrogen-bond donors (Lipinski definition) is 1. The molecular formula is C12H19NO2S. The molecule has 1 aromatic rings. The number of aliphatic hydroxyl groups is 1. The van der Waals surface area contributed by atoms with Crippen molar-refractivity contribution in [2.45, 2.75) is 32.7 Å². The second-order valence-electron chi connectivity index (χ2n) is 3.70. The van der Waals surface area contributed by atoms with Gasteiger partial charge in [0.15, 0.2) is 0 Å². The van der Waals surface area contributed by atoms with Crippen molar-refractivity contribution in [2.24, 2.45) is 0 Å². The third kappa shape index (κ3) is 3.06. The van der Waals surface area contributed by atoms with E-state index in [1.165, 1.54) is 11.3 Å². The van der Waals surface area contributed by atoms with Gasteiger partial charge in [-0.2, -0.15) is 11.3 Å². The smallest absolute Gasteiger partial charge is 0.255 e. The third-order valence-corrected chi connectivity index (χ3v) is 3.44. The van der Waals surface area contributed by atoms with Gasteiger partial charge in [-0.15, -0.1) is 0 Å². The van der Waals surface area contributed by atoms with E-state index in [4.69, 9.17) is 5.11 Å². The molecule has 0 fully saturated rings. The van der Waals surface area contributed by atoms with Crippen molar-refractivity contribution in [3.8, 4) is 0 Å². The van der Waals surface area contributed by atoms with Crippen molar-refractivity contribution < 1.29 is 9.90 Å². The summed E-state index contributed by atoms with van der Waals surface area (Å²) in [5.41, 5.74) is 0.727. The van der Waals surface area contributed by atoms with Gasteiger partial charge >= 0.3 is 0 Å². The average Bonchev–Trinajstić information content (AvgIpc) is 2.82. The van der Waals surface area contributed by atoms with E-state index < -0.39 is 0 Å². The van der Waals surface area contributed by atoms with E-state index in [1.807, 2.05) is 16.8 Å². The first kappa shape index (κ1) is 13.2. The Morgan fingerprint density at radius 3 is 2.62 bits per heavy atom. The molecule has 1 rings (SSSR count). The van der Waals surface area contributed by atoms with Crippen LogP contribution in [-0.2, 0) is 0 Å². The lowest BCUT2D eigenvalue weighted by molar-refractivity contribution is 0.0623. The van der Waals surface area contributed by atoms with Crippen molar-refractivity contribution >= 4 is 17.2 Å². The lowest BCUT2D eigenvalue weighted by Gasteiger charge is -2.29. The molecule has 0 aliphatic heterocycles. The zero-order valence-electron chi connectivity index (χ0n) is 9.85. The minimum atomic E-state index is 0.0202. The zero-order valence-corrected chi connectivity index (χ0v) is 10.7. The molecule has 0 saturated carbocycles. The summed E-state index contributed by atoms with van der Waals surface area (Å²) in [5, 5.41) is 12.8. The molecule has 4 heteroatoms. The van der Waals surface area contributed by atoms with Crippen LogP contribution in [-0.4, -0.2) is 35.1 Å². The van der Waals surface area contributed by atoms with Crippen molar-refractivity contribution in [3.63, 3.8) is 0 Å². The summed E-state index contributed by atoms with van der Waals surface area (Å²) in [6.45, 7) is 4.58.